The summed E-state index contributed by atoms with van der Waals surface area (Å²) in [7, 11) is 0. The molecule has 10 nitrogen and oxygen atoms in total. The van der Waals surface area contributed by atoms with E-state index in [4.69, 9.17) is 9.57 Å². The van der Waals surface area contributed by atoms with E-state index in [9.17, 15) is 14.4 Å². The van der Waals surface area contributed by atoms with Crippen LogP contribution in [-0.4, -0.2) is 51.7 Å². The Morgan fingerprint density at radius 2 is 1.80 bits per heavy atom. The molecule has 3 atom stereocenters. The summed E-state index contributed by atoms with van der Waals surface area (Å²) in [6, 6.07) is 9.88. The fourth-order valence-corrected chi connectivity index (χ4v) is 6.55. The molecule has 248 valence electrons. The molecule has 1 unspecified atom stereocenters. The number of nitrogens with zero attached hydrogens (tertiary/aromatic N) is 3. The van der Waals surface area contributed by atoms with Gasteiger partial charge in [0.05, 0.1) is 18.2 Å². The fourth-order valence-electron chi connectivity index (χ4n) is 6.55. The van der Waals surface area contributed by atoms with Gasteiger partial charge in [0, 0.05) is 32.0 Å². The zero-order valence-electron chi connectivity index (χ0n) is 27.2. The van der Waals surface area contributed by atoms with Crippen molar-refractivity contribution in [3.63, 3.8) is 0 Å². The first-order valence-electron chi connectivity index (χ1n) is 17.1. The first-order valence-corrected chi connectivity index (χ1v) is 17.1. The predicted molar refractivity (Wildman–Crippen MR) is 172 cm³/mol. The molecule has 1 aliphatic carbocycles. The van der Waals surface area contributed by atoms with Gasteiger partial charge in [-0.2, -0.15) is 0 Å². The third-order valence-electron chi connectivity index (χ3n) is 9.06. The summed E-state index contributed by atoms with van der Waals surface area (Å²) in [5, 5.41) is 1.41. The highest BCUT2D eigenvalue weighted by molar-refractivity contribution is 5.88. The number of carbonyl (C=O) groups is 3. The third kappa shape index (κ3) is 11.9. The lowest BCUT2D eigenvalue weighted by atomic mass is 9.79. The van der Waals surface area contributed by atoms with Crippen molar-refractivity contribution in [2.24, 2.45) is 23.7 Å². The van der Waals surface area contributed by atoms with E-state index in [1.54, 1.807) is 23.3 Å². The highest BCUT2D eigenvalue weighted by Gasteiger charge is 2.36. The highest BCUT2D eigenvalue weighted by atomic mass is 16.8. The number of carbonyl (C=O) groups excluding carboxylic acids is 3. The number of hydrazine groups is 1. The lowest BCUT2D eigenvalue weighted by molar-refractivity contribution is -0.203. The summed E-state index contributed by atoms with van der Waals surface area (Å²) in [6.45, 7) is 5.07. The molecule has 2 N–H and O–H groups in total. The molecule has 1 aromatic carbocycles. The number of hydroxylamine groups is 1. The summed E-state index contributed by atoms with van der Waals surface area (Å²) >= 11 is 0. The molecular weight excluding hydrogens is 570 g/mol. The van der Waals surface area contributed by atoms with E-state index >= 15 is 0 Å². The number of benzene rings is 1. The highest BCUT2D eigenvalue weighted by Crippen LogP contribution is 2.31. The molecule has 0 spiro atoms. The number of amides is 3. The Hall–Kier alpha value is -3.24. The molecule has 1 aliphatic heterocycles. The molecule has 1 saturated heterocycles. The van der Waals surface area contributed by atoms with Gasteiger partial charge in [-0.15, -0.1) is 0 Å². The third-order valence-corrected chi connectivity index (χ3v) is 9.06. The van der Waals surface area contributed by atoms with Crippen molar-refractivity contribution in [1.82, 2.24) is 25.5 Å². The molecule has 10 heteroatoms. The second-order valence-electron chi connectivity index (χ2n) is 13.1. The SMILES string of the molecule is CC(C)C[C@@H](C(=O)NN(CCc1ccccc1)C(=O)Cn1ccnc1)[C@H](CCCC1CCCCC1)C(=O)NOC1CCCCO1. The number of imidazole rings is 1. The average Bonchev–Trinajstić information content (AvgIpc) is 3.57. The van der Waals surface area contributed by atoms with Crippen LogP contribution < -0.4 is 10.9 Å². The molecule has 0 radical (unpaired) electrons. The van der Waals surface area contributed by atoms with E-state index in [-0.39, 0.29) is 30.2 Å². The van der Waals surface area contributed by atoms with E-state index in [0.717, 1.165) is 37.7 Å². The lowest BCUT2D eigenvalue weighted by Gasteiger charge is -2.31. The second-order valence-corrected chi connectivity index (χ2v) is 13.1. The molecule has 45 heavy (non-hydrogen) atoms. The lowest BCUT2D eigenvalue weighted by Crippen LogP contribution is -2.52. The van der Waals surface area contributed by atoms with Crippen LogP contribution in [0.25, 0.3) is 0 Å². The maximum absolute atomic E-state index is 14.2. The van der Waals surface area contributed by atoms with Crippen molar-refractivity contribution in [3.8, 4) is 0 Å². The van der Waals surface area contributed by atoms with Crippen LogP contribution >= 0.6 is 0 Å². The van der Waals surface area contributed by atoms with Crippen LogP contribution in [0.2, 0.25) is 0 Å². The van der Waals surface area contributed by atoms with Crippen LogP contribution in [0.15, 0.2) is 49.1 Å². The van der Waals surface area contributed by atoms with Gasteiger partial charge >= 0.3 is 0 Å². The maximum atomic E-state index is 14.2. The van der Waals surface area contributed by atoms with Gasteiger partial charge in [-0.1, -0.05) is 89.1 Å². The van der Waals surface area contributed by atoms with Crippen LogP contribution in [0.1, 0.15) is 96.5 Å². The predicted octanol–water partition coefficient (Wildman–Crippen LogP) is 5.59. The van der Waals surface area contributed by atoms with Crippen molar-refractivity contribution >= 4 is 17.7 Å². The van der Waals surface area contributed by atoms with E-state index in [1.165, 1.54) is 37.1 Å². The molecule has 1 aromatic heterocycles. The Bertz CT molecular complexity index is 1150. The molecule has 2 heterocycles. The van der Waals surface area contributed by atoms with Gasteiger partial charge in [0.1, 0.15) is 6.54 Å². The second kappa shape index (κ2) is 18.7. The Labute approximate surface area is 268 Å². The Morgan fingerprint density at radius 3 is 2.49 bits per heavy atom. The number of aromatic nitrogens is 2. The fraction of sp³-hybridized carbons (Fsp3) is 0.657. The summed E-state index contributed by atoms with van der Waals surface area (Å²) in [5.41, 5.74) is 6.68. The van der Waals surface area contributed by atoms with Gasteiger partial charge in [0.15, 0.2) is 6.29 Å². The normalized spacial score (nSPS) is 18.7. The number of rotatable bonds is 16. The van der Waals surface area contributed by atoms with Gasteiger partial charge in [0.2, 0.25) is 11.8 Å². The van der Waals surface area contributed by atoms with Crippen molar-refractivity contribution in [1.29, 1.82) is 0 Å². The molecule has 0 bridgehead atoms. The number of hydrogen-bond donors (Lipinski definition) is 2. The summed E-state index contributed by atoms with van der Waals surface area (Å²) in [4.78, 5) is 51.2. The monoisotopic (exact) mass is 623 g/mol. The standard InChI is InChI=1S/C35H53N5O5/c1-27(2)24-31(30(17-11-16-28-12-5-3-6-13-28)35(43)38-45-33-18-9-10-23-44-33)34(42)37-40(21-19-29-14-7-4-8-15-29)32(41)25-39-22-20-36-26-39/h4,7-8,14-15,20,22,26-28,30-31,33H,3,5-6,9-13,16-19,21,23-25H2,1-2H3,(H,37,42)(H,38,43)/t30-,31+,33?/m0/s1. The van der Waals surface area contributed by atoms with Crippen LogP contribution in [0.5, 0.6) is 0 Å². The molecule has 3 amide bonds. The average molecular weight is 624 g/mol. The molecular formula is C35H53N5O5. The minimum absolute atomic E-state index is 0.0461. The van der Waals surface area contributed by atoms with Gasteiger partial charge in [-0.05, 0) is 49.5 Å². The number of nitrogens with one attached hydrogen (secondary N) is 2. The van der Waals surface area contributed by atoms with E-state index in [2.05, 4.69) is 29.7 Å². The maximum Gasteiger partial charge on any atom is 0.260 e. The zero-order chi connectivity index (χ0) is 31.9. The molecule has 2 aliphatic rings. The molecule has 2 fully saturated rings. The number of hydrogen-bond acceptors (Lipinski definition) is 6. The van der Waals surface area contributed by atoms with E-state index < -0.39 is 18.1 Å². The summed E-state index contributed by atoms with van der Waals surface area (Å²) < 4.78 is 7.34. The smallest absolute Gasteiger partial charge is 0.260 e. The topological polar surface area (TPSA) is 115 Å². The zero-order valence-corrected chi connectivity index (χ0v) is 27.2. The summed E-state index contributed by atoms with van der Waals surface area (Å²) in [5.74, 6) is -1.25. The van der Waals surface area contributed by atoms with Crippen LogP contribution in [0.3, 0.4) is 0 Å². The van der Waals surface area contributed by atoms with E-state index in [1.807, 2.05) is 30.3 Å². The quantitative estimate of drug-likeness (QED) is 0.236. The van der Waals surface area contributed by atoms with Gasteiger partial charge in [-0.3, -0.25) is 24.8 Å². The van der Waals surface area contributed by atoms with Crippen molar-refractivity contribution < 1.29 is 24.0 Å². The first kappa shape index (κ1) is 34.6. The minimum Gasteiger partial charge on any atom is -0.350 e. The van der Waals surface area contributed by atoms with Crippen LogP contribution in [-0.2, 0) is 36.9 Å². The van der Waals surface area contributed by atoms with Crippen molar-refractivity contribution in [3.05, 3.63) is 54.6 Å². The van der Waals surface area contributed by atoms with Crippen LogP contribution in [0, 0.1) is 23.7 Å². The number of ether oxygens (including phenoxy) is 1. The summed E-state index contributed by atoms with van der Waals surface area (Å²) in [6.07, 6.45) is 17.0. The largest absolute Gasteiger partial charge is 0.350 e. The van der Waals surface area contributed by atoms with Crippen LogP contribution in [0.4, 0.5) is 0 Å². The molecule has 2 aromatic rings. The Kier molecular flexibility index (Phi) is 14.4. The Morgan fingerprint density at radius 1 is 1.02 bits per heavy atom. The van der Waals surface area contributed by atoms with Gasteiger partial charge in [-0.25, -0.2) is 15.3 Å². The van der Waals surface area contributed by atoms with Crippen molar-refractivity contribution in [2.75, 3.05) is 13.2 Å². The Balaban J connectivity index is 1.49. The van der Waals surface area contributed by atoms with Gasteiger partial charge < -0.3 is 9.30 Å². The molecule has 1 saturated carbocycles. The van der Waals surface area contributed by atoms with Gasteiger partial charge in [0.25, 0.3) is 5.91 Å². The first-order chi connectivity index (χ1) is 21.9. The molecule has 4 rings (SSSR count). The minimum atomic E-state index is -0.632. The van der Waals surface area contributed by atoms with Crippen molar-refractivity contribution in [2.45, 2.75) is 110 Å². The van der Waals surface area contributed by atoms with E-state index in [0.29, 0.717) is 38.3 Å².